The van der Waals surface area contributed by atoms with E-state index in [1.807, 2.05) is 25.1 Å². The highest BCUT2D eigenvalue weighted by Gasteiger charge is 2.18. The second-order valence-corrected chi connectivity index (χ2v) is 9.31. The molecule has 0 bridgehead atoms. The zero-order chi connectivity index (χ0) is 19.9. The highest BCUT2D eigenvalue weighted by atomic mass is 79.9. The van der Waals surface area contributed by atoms with Crippen LogP contribution in [0.15, 0.2) is 79.5 Å². The predicted octanol–water partition coefficient (Wildman–Crippen LogP) is 4.02. The lowest BCUT2D eigenvalue weighted by Gasteiger charge is -2.14. The van der Waals surface area contributed by atoms with Gasteiger partial charge in [0.1, 0.15) is 12.0 Å². The largest absolute Gasteiger partial charge is 0.364 e. The van der Waals surface area contributed by atoms with Crippen molar-refractivity contribution in [2.75, 3.05) is 0 Å². The molecule has 0 unspecified atom stereocenters. The molecule has 2 heterocycles. The zero-order valence-corrected chi connectivity index (χ0v) is 17.2. The van der Waals surface area contributed by atoms with Gasteiger partial charge in [0.15, 0.2) is 9.84 Å². The molecule has 2 aromatic heterocycles. The van der Waals surface area contributed by atoms with Gasteiger partial charge in [-0.1, -0.05) is 21.1 Å². The summed E-state index contributed by atoms with van der Waals surface area (Å²) in [5, 5.41) is 4.32. The Hall–Kier alpha value is -2.71. The number of rotatable bonds is 4. The summed E-state index contributed by atoms with van der Waals surface area (Å²) >= 11 is 3.43. The Morgan fingerprint density at radius 2 is 1.89 bits per heavy atom. The van der Waals surface area contributed by atoms with Gasteiger partial charge in [0.25, 0.3) is 5.56 Å². The van der Waals surface area contributed by atoms with E-state index in [0.29, 0.717) is 16.6 Å². The molecule has 0 atom stereocenters. The van der Waals surface area contributed by atoms with Crippen molar-refractivity contribution in [2.45, 2.75) is 17.6 Å². The molecular formula is C20H15BrN2O4S. The summed E-state index contributed by atoms with van der Waals surface area (Å²) in [6.45, 7) is 1.92. The van der Waals surface area contributed by atoms with Crippen molar-refractivity contribution in [1.29, 1.82) is 0 Å². The monoisotopic (exact) mass is 458 g/mol. The van der Waals surface area contributed by atoms with Crippen LogP contribution >= 0.6 is 15.9 Å². The van der Waals surface area contributed by atoms with Crippen LogP contribution in [0.5, 0.6) is 0 Å². The molecule has 0 saturated heterocycles. The number of sulfone groups is 1. The average molecular weight is 459 g/mol. The van der Waals surface area contributed by atoms with E-state index in [0.717, 1.165) is 15.7 Å². The molecule has 0 spiro atoms. The molecule has 2 aromatic carbocycles. The van der Waals surface area contributed by atoms with Crippen molar-refractivity contribution in [1.82, 2.24) is 9.72 Å². The van der Waals surface area contributed by atoms with Crippen LogP contribution in [0.1, 0.15) is 11.3 Å². The van der Waals surface area contributed by atoms with E-state index in [-0.39, 0.29) is 16.2 Å². The molecule has 6 nitrogen and oxygen atoms in total. The van der Waals surface area contributed by atoms with Crippen molar-refractivity contribution in [2.24, 2.45) is 0 Å². The van der Waals surface area contributed by atoms with Crippen LogP contribution in [0.3, 0.4) is 0 Å². The Labute approximate surface area is 169 Å². The molecule has 0 N–H and O–H groups in total. The van der Waals surface area contributed by atoms with Gasteiger partial charge in [-0.05, 0) is 55.0 Å². The number of fused-ring (bicyclic) bond motifs is 1. The fourth-order valence-electron chi connectivity index (χ4n) is 3.13. The maximum absolute atomic E-state index is 12.7. The number of benzene rings is 2. The summed E-state index contributed by atoms with van der Waals surface area (Å²) < 4.78 is 32.6. The number of aromatic nitrogens is 2. The summed E-state index contributed by atoms with van der Waals surface area (Å²) in [7, 11) is -3.59. The fourth-order valence-corrected chi connectivity index (χ4v) is 4.89. The van der Waals surface area contributed by atoms with E-state index < -0.39 is 9.84 Å². The number of aryl methyl sites for hydroxylation is 1. The molecule has 0 aliphatic rings. The minimum atomic E-state index is -3.59. The van der Waals surface area contributed by atoms with Gasteiger partial charge >= 0.3 is 0 Å². The number of nitrogens with zero attached hydrogens (tertiary/aromatic N) is 2. The first kappa shape index (κ1) is 18.6. The predicted molar refractivity (Wildman–Crippen MR) is 109 cm³/mol. The molecule has 0 aliphatic carbocycles. The van der Waals surface area contributed by atoms with Crippen LogP contribution in [-0.4, -0.2) is 18.1 Å². The standard InChI is InChI=1S/C20H15BrN2O4S/c1-13-10-15(21)3-5-18(13)23-19-6-4-17(11-14(19)2-7-20(23)24)28(25,26)12-16-8-9-27-22-16/h2-11H,12H2,1H3. The lowest BCUT2D eigenvalue weighted by Crippen LogP contribution is -2.18. The third-order valence-corrected chi connectivity index (χ3v) is 6.59. The Kier molecular flexibility index (Phi) is 4.68. The van der Waals surface area contributed by atoms with Crippen molar-refractivity contribution < 1.29 is 12.9 Å². The molecule has 0 radical (unpaired) electrons. The Balaban J connectivity index is 1.86. The molecule has 28 heavy (non-hydrogen) atoms. The topological polar surface area (TPSA) is 82.2 Å². The number of hydrogen-bond acceptors (Lipinski definition) is 5. The number of halogens is 1. The van der Waals surface area contributed by atoms with Crippen LogP contribution in [-0.2, 0) is 15.6 Å². The lowest BCUT2D eigenvalue weighted by molar-refractivity contribution is 0.413. The molecule has 142 valence electrons. The number of pyridine rings is 1. The molecule has 0 saturated carbocycles. The molecule has 4 rings (SSSR count). The quantitative estimate of drug-likeness (QED) is 0.461. The van der Waals surface area contributed by atoms with Crippen LogP contribution in [0.2, 0.25) is 0 Å². The molecule has 8 heteroatoms. The third kappa shape index (κ3) is 3.41. The maximum atomic E-state index is 12.7. The Morgan fingerprint density at radius 1 is 1.07 bits per heavy atom. The van der Waals surface area contributed by atoms with Gasteiger partial charge in [-0.15, -0.1) is 0 Å². The molecule has 0 fully saturated rings. The highest BCUT2D eigenvalue weighted by Crippen LogP contribution is 2.25. The Bertz CT molecular complexity index is 1340. The van der Waals surface area contributed by atoms with Gasteiger partial charge in [0.05, 0.1) is 21.8 Å². The van der Waals surface area contributed by atoms with Crippen LogP contribution in [0.4, 0.5) is 0 Å². The molecule has 4 aromatic rings. The summed E-state index contributed by atoms with van der Waals surface area (Å²) in [6.07, 6.45) is 1.34. The zero-order valence-electron chi connectivity index (χ0n) is 14.8. The van der Waals surface area contributed by atoms with Crippen molar-refractivity contribution >= 4 is 36.7 Å². The SMILES string of the molecule is Cc1cc(Br)ccc1-n1c(=O)ccc2cc(S(=O)(=O)Cc3ccon3)ccc21. The summed E-state index contributed by atoms with van der Waals surface area (Å²) in [5.74, 6) is -0.250. The first-order chi connectivity index (χ1) is 13.3. The minimum Gasteiger partial charge on any atom is -0.364 e. The van der Waals surface area contributed by atoms with Gasteiger partial charge < -0.3 is 4.52 Å². The lowest BCUT2D eigenvalue weighted by atomic mass is 10.1. The summed E-state index contributed by atoms with van der Waals surface area (Å²) in [6, 6.07) is 15.0. The normalized spacial score (nSPS) is 11.8. The number of hydrogen-bond donors (Lipinski definition) is 0. The highest BCUT2D eigenvalue weighted by molar-refractivity contribution is 9.10. The third-order valence-electron chi connectivity index (χ3n) is 4.45. The van der Waals surface area contributed by atoms with Gasteiger partial charge in [0.2, 0.25) is 0 Å². The Morgan fingerprint density at radius 3 is 2.61 bits per heavy atom. The van der Waals surface area contributed by atoms with E-state index in [1.54, 1.807) is 22.8 Å². The van der Waals surface area contributed by atoms with E-state index in [4.69, 9.17) is 4.52 Å². The summed E-state index contributed by atoms with van der Waals surface area (Å²) in [4.78, 5) is 12.7. The molecule has 0 aliphatic heterocycles. The van der Waals surface area contributed by atoms with Gasteiger partial charge in [-0.2, -0.15) is 0 Å². The average Bonchev–Trinajstić information content (AvgIpc) is 3.14. The van der Waals surface area contributed by atoms with Gasteiger partial charge in [0, 0.05) is 22.0 Å². The minimum absolute atomic E-state index is 0.167. The van der Waals surface area contributed by atoms with Crippen LogP contribution < -0.4 is 5.56 Å². The molecule has 0 amide bonds. The maximum Gasteiger partial charge on any atom is 0.255 e. The van der Waals surface area contributed by atoms with Crippen molar-refractivity contribution in [3.05, 3.63) is 86.9 Å². The van der Waals surface area contributed by atoms with Gasteiger partial charge in [-0.3, -0.25) is 9.36 Å². The van der Waals surface area contributed by atoms with Crippen molar-refractivity contribution in [3.8, 4) is 5.69 Å². The second-order valence-electron chi connectivity index (χ2n) is 6.41. The van der Waals surface area contributed by atoms with E-state index in [2.05, 4.69) is 21.1 Å². The smallest absolute Gasteiger partial charge is 0.255 e. The first-order valence-electron chi connectivity index (χ1n) is 8.39. The first-order valence-corrected chi connectivity index (χ1v) is 10.8. The van der Waals surface area contributed by atoms with Crippen molar-refractivity contribution in [3.63, 3.8) is 0 Å². The van der Waals surface area contributed by atoms with E-state index in [9.17, 15) is 13.2 Å². The van der Waals surface area contributed by atoms with Crippen LogP contribution in [0.25, 0.3) is 16.6 Å². The second kappa shape index (κ2) is 7.03. The molecular weight excluding hydrogens is 444 g/mol. The van der Waals surface area contributed by atoms with Crippen LogP contribution in [0, 0.1) is 6.92 Å². The van der Waals surface area contributed by atoms with Gasteiger partial charge in [-0.25, -0.2) is 8.42 Å². The van der Waals surface area contributed by atoms with E-state index >= 15 is 0 Å². The fraction of sp³-hybridized carbons (Fsp3) is 0.100. The summed E-state index contributed by atoms with van der Waals surface area (Å²) in [5.41, 5.74) is 2.47. The van der Waals surface area contributed by atoms with E-state index in [1.165, 1.54) is 24.5 Å².